The van der Waals surface area contributed by atoms with Crippen LogP contribution in [0, 0.1) is 34.6 Å². The maximum atomic E-state index is 2.38. The van der Waals surface area contributed by atoms with Gasteiger partial charge in [0.1, 0.15) is 35.2 Å². The van der Waals surface area contributed by atoms with Crippen LogP contribution in [-0.4, -0.2) is 0 Å². The summed E-state index contributed by atoms with van der Waals surface area (Å²) in [6.45, 7) is 71.0. The Morgan fingerprint density at radius 3 is 0.919 bits per heavy atom. The van der Waals surface area contributed by atoms with Gasteiger partial charge < -0.3 is 0 Å². The number of pyridine rings is 5. The molecule has 20 rings (SSSR count). The van der Waals surface area contributed by atoms with Crippen molar-refractivity contribution >= 4 is 0 Å². The summed E-state index contributed by atoms with van der Waals surface area (Å²) in [5, 5.41) is 0. The number of benzene rings is 10. The lowest BCUT2D eigenvalue weighted by Crippen LogP contribution is -2.32. The van der Waals surface area contributed by atoms with Crippen molar-refractivity contribution in [3.8, 4) is 112 Å². The number of hydrogen-bond acceptors (Lipinski definition) is 0. The number of fused-ring (bicyclic) bond motifs is 15. The van der Waals surface area contributed by atoms with Crippen LogP contribution < -0.4 is 22.8 Å². The quantitative estimate of drug-likeness (QED) is 0.153. The summed E-state index contributed by atoms with van der Waals surface area (Å²) in [5.41, 5.74) is 48.3. The molecule has 0 N–H and O–H groups in total. The number of hydrogen-bond donors (Lipinski definition) is 0. The molecule has 0 saturated heterocycles. The Bertz CT molecular complexity index is 5850. The summed E-state index contributed by atoms with van der Waals surface area (Å²) < 4.78 is 11.1. The molecule has 5 aromatic heterocycles. The molecule has 0 aliphatic heterocycles. The standard InChI is InChI=1S/5C20H18N.15C2H6/c1-14-7-3-5-9-17(14)20-12-19-16(13-21(20)2)11-15-8-4-6-10-18(15)19;1-14-7-3-5-9-17(14)20-19-16(11-12-21(20)2)13-15-8-4-6-10-18(15)19;1-14-7-3-5-9-16(14)20-19-13-15-8-4-6-10-17(15)18(19)11-12-21(20)2;1-14-16(20-9-5-6-12-21(20)2)10-11-18-17-8-4-3-7-15(17)13-19(14)18;1-14-11-19-16(12-15-7-3-4-8-17(15)19)13-18(14)20-9-5-6-10-21(20)2;15*1-2/h3-10,12-13H,11H2,1-2H3;3*3-12H,13H2,1-2H3;3-11,13H,12H2,1-2H3;15*1-2H3/q5*+1;;;;;;;;;;;;;;;. The number of aryl methyl sites for hydroxylation is 9. The van der Waals surface area contributed by atoms with Crippen molar-refractivity contribution in [2.75, 3.05) is 0 Å². The maximum Gasteiger partial charge on any atom is 0.220 e. The van der Waals surface area contributed by atoms with Gasteiger partial charge in [-0.2, -0.15) is 0 Å². The molecule has 0 fully saturated rings. The molecule has 0 saturated carbocycles. The normalized spacial score (nSPS) is 10.1. The molecule has 5 heteroatoms. The van der Waals surface area contributed by atoms with Gasteiger partial charge >= 0.3 is 0 Å². The SMILES string of the molecule is CC.CC.CC.CC.CC.CC.CC.CC.CC.CC.CC.CC.CC.CC.CC.Cc1c(-c2cccc[n+]2C)ccc2c1Cc1ccccc1-2.Cc1cc2c(cc1-c1cccc[n+]1C)Cc1ccccc1-2.Cc1ccccc1-c1c2c(cc[n+]1C)-c1ccccc1C2.Cc1ccccc1-c1c2c(cc[n+]1C)Cc1ccccc1-2.Cc1ccccc1-c1cc2c(c[n+]1C)Cc1ccccc1-2. The summed E-state index contributed by atoms with van der Waals surface area (Å²) >= 11 is 0. The van der Waals surface area contributed by atoms with Crippen molar-refractivity contribution in [3.63, 3.8) is 0 Å². The smallest absolute Gasteiger partial charge is 0.201 e. The van der Waals surface area contributed by atoms with Crippen LogP contribution in [0.1, 0.15) is 291 Å². The van der Waals surface area contributed by atoms with Crippen LogP contribution in [-0.2, 0) is 67.3 Å². The summed E-state index contributed by atoms with van der Waals surface area (Å²) in [4.78, 5) is 0. The Hall–Kier alpha value is -12.1. The molecule has 5 aliphatic carbocycles. The van der Waals surface area contributed by atoms with Crippen molar-refractivity contribution in [3.05, 3.63) is 387 Å². The van der Waals surface area contributed by atoms with Crippen molar-refractivity contribution < 1.29 is 22.8 Å². The van der Waals surface area contributed by atoms with Gasteiger partial charge in [-0.3, -0.25) is 0 Å². The third kappa shape index (κ3) is 30.2. The molecule has 10 aromatic carbocycles. The Morgan fingerprint density at radius 2 is 0.481 bits per heavy atom. The monoisotopic (exact) mass is 1810 g/mol. The van der Waals surface area contributed by atoms with E-state index in [4.69, 9.17) is 0 Å². The second-order valence-corrected chi connectivity index (χ2v) is 29.1. The highest BCUT2D eigenvalue weighted by atomic mass is 14.9. The largest absolute Gasteiger partial charge is 0.220 e. The van der Waals surface area contributed by atoms with Gasteiger partial charge in [0.15, 0.2) is 31.0 Å². The average molecular weight is 1810 g/mol. The number of nitrogens with zero attached hydrogens (tertiary/aromatic N) is 5. The van der Waals surface area contributed by atoms with E-state index in [9.17, 15) is 0 Å². The molecule has 5 aliphatic rings. The maximum absolute atomic E-state index is 2.38. The van der Waals surface area contributed by atoms with E-state index in [2.05, 4.69) is 397 Å². The van der Waals surface area contributed by atoms with Gasteiger partial charge in [-0.05, 0) is 219 Å². The molecule has 0 radical (unpaired) electrons. The van der Waals surface area contributed by atoms with Crippen LogP contribution in [0.25, 0.3) is 112 Å². The van der Waals surface area contributed by atoms with Crippen molar-refractivity contribution in [2.24, 2.45) is 35.2 Å². The molecule has 0 unspecified atom stereocenters. The molecule has 0 spiro atoms. The first-order valence-electron chi connectivity index (χ1n) is 52.1. The van der Waals surface area contributed by atoms with E-state index in [0.717, 1.165) is 32.1 Å². The summed E-state index contributed by atoms with van der Waals surface area (Å²) in [6, 6.07) is 98.6. The van der Waals surface area contributed by atoms with Crippen LogP contribution in [0.15, 0.2) is 304 Å². The lowest BCUT2D eigenvalue weighted by Gasteiger charge is -2.09. The molecule has 5 nitrogen and oxygen atoms in total. The van der Waals surface area contributed by atoms with E-state index in [1.165, 1.54) is 195 Å². The highest BCUT2D eigenvalue weighted by molar-refractivity contribution is 5.89. The third-order valence-electron chi connectivity index (χ3n) is 22.5. The molecular formula is C130H180N5+5. The minimum absolute atomic E-state index is 1.03. The van der Waals surface area contributed by atoms with Crippen LogP contribution in [0.3, 0.4) is 0 Å². The van der Waals surface area contributed by atoms with Gasteiger partial charge in [0.2, 0.25) is 28.5 Å². The topological polar surface area (TPSA) is 19.4 Å². The van der Waals surface area contributed by atoms with Gasteiger partial charge in [0.05, 0.1) is 5.56 Å². The Balaban J connectivity index is 0.000000787. The van der Waals surface area contributed by atoms with Gasteiger partial charge in [0.25, 0.3) is 0 Å². The third-order valence-corrected chi connectivity index (χ3v) is 22.5. The molecule has 5 heterocycles. The van der Waals surface area contributed by atoms with Gasteiger partial charge in [0, 0.05) is 94.3 Å². The molecule has 15 aromatic rings. The van der Waals surface area contributed by atoms with Gasteiger partial charge in [-0.15, -0.1) is 0 Å². The van der Waals surface area contributed by atoms with E-state index in [1.807, 2.05) is 208 Å². The minimum atomic E-state index is 1.03. The second-order valence-electron chi connectivity index (χ2n) is 29.1. The lowest BCUT2D eigenvalue weighted by molar-refractivity contribution is -0.660. The van der Waals surface area contributed by atoms with E-state index in [1.54, 1.807) is 0 Å². The summed E-state index contributed by atoms with van der Waals surface area (Å²) in [5.74, 6) is 0. The van der Waals surface area contributed by atoms with E-state index >= 15 is 0 Å². The first-order valence-corrected chi connectivity index (χ1v) is 52.1. The predicted molar refractivity (Wildman–Crippen MR) is 600 cm³/mol. The Labute approximate surface area is 826 Å². The van der Waals surface area contributed by atoms with Crippen LogP contribution >= 0.6 is 0 Å². The van der Waals surface area contributed by atoms with Crippen LogP contribution in [0.4, 0.5) is 0 Å². The van der Waals surface area contributed by atoms with Gasteiger partial charge in [-0.25, -0.2) is 22.8 Å². The van der Waals surface area contributed by atoms with Crippen LogP contribution in [0.5, 0.6) is 0 Å². The zero-order valence-corrected chi connectivity index (χ0v) is 92.1. The Kier molecular flexibility index (Phi) is 60.2. The first kappa shape index (κ1) is 121. The fourth-order valence-electron chi connectivity index (χ4n) is 17.1. The second kappa shape index (κ2) is 67.2. The fourth-order valence-corrected chi connectivity index (χ4v) is 17.1. The van der Waals surface area contributed by atoms with Gasteiger partial charge in [-0.1, -0.05) is 396 Å². The zero-order chi connectivity index (χ0) is 102. The predicted octanol–water partition coefficient (Wildman–Crippen LogP) is 35.7. The highest BCUT2D eigenvalue weighted by Crippen LogP contribution is 2.46. The zero-order valence-electron chi connectivity index (χ0n) is 92.1. The molecule has 0 atom stereocenters. The van der Waals surface area contributed by atoms with E-state index < -0.39 is 0 Å². The Morgan fingerprint density at radius 1 is 0.170 bits per heavy atom. The molecule has 0 bridgehead atoms. The number of rotatable bonds is 5. The van der Waals surface area contributed by atoms with E-state index in [0.29, 0.717) is 0 Å². The molecule has 0 amide bonds. The average Bonchev–Trinajstić information content (AvgIpc) is 1.64. The minimum Gasteiger partial charge on any atom is -0.201 e. The molecule has 720 valence electrons. The highest BCUT2D eigenvalue weighted by Gasteiger charge is 2.32. The first-order chi connectivity index (χ1) is 66.2. The van der Waals surface area contributed by atoms with Crippen molar-refractivity contribution in [2.45, 2.75) is 274 Å². The molecule has 135 heavy (non-hydrogen) atoms. The van der Waals surface area contributed by atoms with Crippen molar-refractivity contribution in [1.82, 2.24) is 0 Å². The molecular weight excluding hydrogens is 1630 g/mol. The summed E-state index contributed by atoms with van der Waals surface area (Å²) in [6.07, 6.45) is 16.1. The van der Waals surface area contributed by atoms with Crippen LogP contribution in [0.2, 0.25) is 0 Å². The summed E-state index contributed by atoms with van der Waals surface area (Å²) in [7, 11) is 10.6. The number of aromatic nitrogens is 5. The van der Waals surface area contributed by atoms with E-state index in [-0.39, 0.29) is 0 Å². The fraction of sp³-hybridized carbons (Fsp3) is 0.346. The lowest BCUT2D eigenvalue weighted by atomic mass is 9.95. The van der Waals surface area contributed by atoms with Crippen molar-refractivity contribution in [1.29, 1.82) is 0 Å².